The minimum absolute atomic E-state index is 0.0974. The molecule has 1 heterocycles. The quantitative estimate of drug-likeness (QED) is 0.907. The number of halogens is 1. The second kappa shape index (κ2) is 7.66. The Morgan fingerprint density at radius 2 is 2.16 bits per heavy atom. The predicted octanol–water partition coefficient (Wildman–Crippen LogP) is 3.17. The maximum atomic E-state index is 13.9. The van der Waals surface area contributed by atoms with Gasteiger partial charge < -0.3 is 14.7 Å². The maximum absolute atomic E-state index is 13.9. The molecule has 25 heavy (non-hydrogen) atoms. The lowest BCUT2D eigenvalue weighted by Gasteiger charge is -2.25. The van der Waals surface area contributed by atoms with Crippen LogP contribution in [0.15, 0.2) is 42.5 Å². The number of hydrogen-bond acceptors (Lipinski definition) is 3. The molecule has 1 aliphatic rings. The fraction of sp³-hybridized carbons (Fsp3) is 0.350. The van der Waals surface area contributed by atoms with Gasteiger partial charge in [0, 0.05) is 23.7 Å². The van der Waals surface area contributed by atoms with E-state index in [-0.39, 0.29) is 24.1 Å². The number of aliphatic hydroxyl groups is 1. The van der Waals surface area contributed by atoms with Crippen LogP contribution in [-0.4, -0.2) is 35.6 Å². The average molecular weight is 343 g/mol. The summed E-state index contributed by atoms with van der Waals surface area (Å²) >= 11 is 0. The summed E-state index contributed by atoms with van der Waals surface area (Å²) in [7, 11) is 1.63. The first-order valence-electron chi connectivity index (χ1n) is 8.45. The second-order valence-electron chi connectivity index (χ2n) is 6.31. The molecule has 1 N–H and O–H groups in total. The lowest BCUT2D eigenvalue weighted by Crippen LogP contribution is -2.36. The molecule has 0 aromatic heterocycles. The molecular weight excluding hydrogens is 321 g/mol. The zero-order chi connectivity index (χ0) is 17.8. The van der Waals surface area contributed by atoms with E-state index in [1.807, 2.05) is 29.2 Å². The first-order chi connectivity index (χ1) is 12.1. The number of carbonyl (C=O) groups excluding carboxylic acids is 1. The van der Waals surface area contributed by atoms with E-state index in [0.29, 0.717) is 12.1 Å². The number of ether oxygens (including phenoxy) is 1. The summed E-state index contributed by atoms with van der Waals surface area (Å²) in [5, 5.41) is 9.06. The van der Waals surface area contributed by atoms with Crippen molar-refractivity contribution in [1.82, 2.24) is 4.90 Å². The van der Waals surface area contributed by atoms with Gasteiger partial charge in [-0.25, -0.2) is 4.39 Å². The molecular formula is C20H22FNO3. The Morgan fingerprint density at radius 1 is 1.32 bits per heavy atom. The number of benzene rings is 2. The number of likely N-dealkylation sites (tertiary alicyclic amines) is 1. The molecule has 1 amide bonds. The molecule has 2 aromatic rings. The molecule has 1 unspecified atom stereocenters. The van der Waals surface area contributed by atoms with E-state index in [0.717, 1.165) is 30.6 Å². The molecule has 4 nitrogen and oxygen atoms in total. The van der Waals surface area contributed by atoms with Crippen LogP contribution in [0.25, 0.3) is 0 Å². The van der Waals surface area contributed by atoms with E-state index in [1.54, 1.807) is 13.2 Å². The molecule has 0 radical (unpaired) electrons. The highest BCUT2D eigenvalue weighted by atomic mass is 19.1. The van der Waals surface area contributed by atoms with Crippen molar-refractivity contribution in [2.75, 3.05) is 13.7 Å². The number of amides is 1. The smallest absolute Gasteiger partial charge is 0.254 e. The van der Waals surface area contributed by atoms with Crippen molar-refractivity contribution in [2.45, 2.75) is 31.9 Å². The monoisotopic (exact) mass is 343 g/mol. The van der Waals surface area contributed by atoms with Crippen molar-refractivity contribution in [3.05, 3.63) is 65.0 Å². The summed E-state index contributed by atoms with van der Waals surface area (Å²) < 4.78 is 19.1. The fourth-order valence-corrected chi connectivity index (χ4v) is 3.36. The topological polar surface area (TPSA) is 49.8 Å². The normalized spacial score (nSPS) is 16.9. The van der Waals surface area contributed by atoms with Gasteiger partial charge in [0.1, 0.15) is 11.6 Å². The van der Waals surface area contributed by atoms with Gasteiger partial charge in [0.15, 0.2) is 0 Å². The second-order valence-corrected chi connectivity index (χ2v) is 6.31. The minimum Gasteiger partial charge on any atom is -0.497 e. The van der Waals surface area contributed by atoms with Crippen molar-refractivity contribution in [3.8, 4) is 5.75 Å². The molecule has 1 aliphatic heterocycles. The summed E-state index contributed by atoms with van der Waals surface area (Å²) in [5.74, 6) is 0.0979. The van der Waals surface area contributed by atoms with Crippen molar-refractivity contribution in [2.24, 2.45) is 0 Å². The van der Waals surface area contributed by atoms with Gasteiger partial charge in [-0.2, -0.15) is 0 Å². The maximum Gasteiger partial charge on any atom is 0.254 e. The Morgan fingerprint density at radius 3 is 2.88 bits per heavy atom. The number of methoxy groups -OCH3 is 1. The van der Waals surface area contributed by atoms with Crippen molar-refractivity contribution in [3.63, 3.8) is 0 Å². The van der Waals surface area contributed by atoms with Crippen LogP contribution >= 0.6 is 0 Å². The summed E-state index contributed by atoms with van der Waals surface area (Å²) in [6.07, 6.45) is 2.62. The summed E-state index contributed by atoms with van der Waals surface area (Å²) in [4.78, 5) is 14.6. The molecule has 1 saturated heterocycles. The highest BCUT2D eigenvalue weighted by Crippen LogP contribution is 2.25. The summed E-state index contributed by atoms with van der Waals surface area (Å²) in [6.45, 7) is 0.305. The van der Waals surface area contributed by atoms with Crippen LogP contribution in [0.2, 0.25) is 0 Å². The molecule has 0 saturated carbocycles. The number of aliphatic hydroxyl groups excluding tert-OH is 1. The Kier molecular flexibility index (Phi) is 5.34. The highest BCUT2D eigenvalue weighted by Gasteiger charge is 2.29. The van der Waals surface area contributed by atoms with E-state index in [9.17, 15) is 9.18 Å². The van der Waals surface area contributed by atoms with E-state index < -0.39 is 5.82 Å². The Hall–Kier alpha value is -2.40. The zero-order valence-electron chi connectivity index (χ0n) is 14.2. The molecule has 132 valence electrons. The molecule has 1 atom stereocenters. The molecule has 3 rings (SSSR count). The molecule has 1 fully saturated rings. The van der Waals surface area contributed by atoms with E-state index >= 15 is 0 Å². The first-order valence-corrected chi connectivity index (χ1v) is 8.45. The average Bonchev–Trinajstić information content (AvgIpc) is 3.09. The number of rotatable bonds is 5. The molecule has 2 aromatic carbocycles. The summed E-state index contributed by atoms with van der Waals surface area (Å²) in [6, 6.07) is 12.2. The van der Waals surface area contributed by atoms with Crippen LogP contribution < -0.4 is 4.74 Å². The summed E-state index contributed by atoms with van der Waals surface area (Å²) in [5.41, 5.74) is 1.64. The zero-order valence-corrected chi connectivity index (χ0v) is 14.2. The van der Waals surface area contributed by atoms with E-state index in [4.69, 9.17) is 9.84 Å². The van der Waals surface area contributed by atoms with Gasteiger partial charge in [-0.15, -0.1) is 0 Å². The third kappa shape index (κ3) is 3.82. The van der Waals surface area contributed by atoms with Gasteiger partial charge >= 0.3 is 0 Å². The molecule has 5 heteroatoms. The van der Waals surface area contributed by atoms with Crippen molar-refractivity contribution in [1.29, 1.82) is 0 Å². The lowest BCUT2D eigenvalue weighted by molar-refractivity contribution is 0.0736. The van der Waals surface area contributed by atoms with Gasteiger partial charge in [0.05, 0.1) is 13.7 Å². The van der Waals surface area contributed by atoms with Crippen LogP contribution in [0.3, 0.4) is 0 Å². The van der Waals surface area contributed by atoms with Gasteiger partial charge in [-0.3, -0.25) is 4.79 Å². The SMILES string of the molecule is COc1cccc(CC2CCCN2C(=O)c2ccc(CO)c(F)c2)c1. The molecule has 0 bridgehead atoms. The third-order valence-corrected chi connectivity index (χ3v) is 4.71. The Labute approximate surface area is 146 Å². The predicted molar refractivity (Wildman–Crippen MR) is 93.1 cm³/mol. The van der Waals surface area contributed by atoms with Crippen LogP contribution in [-0.2, 0) is 13.0 Å². The van der Waals surface area contributed by atoms with Crippen LogP contribution in [0, 0.1) is 5.82 Å². The van der Waals surface area contributed by atoms with Crippen LogP contribution in [0.1, 0.15) is 34.3 Å². The van der Waals surface area contributed by atoms with Crippen LogP contribution in [0.5, 0.6) is 5.75 Å². The van der Waals surface area contributed by atoms with Gasteiger partial charge in [0.25, 0.3) is 5.91 Å². The lowest BCUT2D eigenvalue weighted by atomic mass is 10.0. The van der Waals surface area contributed by atoms with E-state index in [1.165, 1.54) is 12.1 Å². The number of hydrogen-bond donors (Lipinski definition) is 1. The Bertz CT molecular complexity index is 762. The highest BCUT2D eigenvalue weighted by molar-refractivity contribution is 5.94. The van der Waals surface area contributed by atoms with Crippen LogP contribution in [0.4, 0.5) is 4.39 Å². The molecule has 0 aliphatic carbocycles. The number of nitrogens with zero attached hydrogens (tertiary/aromatic N) is 1. The Balaban J connectivity index is 1.76. The largest absolute Gasteiger partial charge is 0.497 e. The van der Waals surface area contributed by atoms with Crippen molar-refractivity contribution >= 4 is 5.91 Å². The standard InChI is InChI=1S/C20H22FNO3/c1-25-18-6-2-4-14(11-18)10-17-5-3-9-22(17)20(24)15-7-8-16(13-23)19(21)12-15/h2,4,6-8,11-12,17,23H,3,5,9-10,13H2,1H3. The van der Waals surface area contributed by atoms with E-state index in [2.05, 4.69) is 0 Å². The van der Waals surface area contributed by atoms with Gasteiger partial charge in [-0.1, -0.05) is 18.2 Å². The minimum atomic E-state index is -0.545. The fourth-order valence-electron chi connectivity index (χ4n) is 3.36. The molecule has 0 spiro atoms. The third-order valence-electron chi connectivity index (χ3n) is 4.71. The number of carbonyl (C=O) groups is 1. The van der Waals surface area contributed by atoms with Gasteiger partial charge in [0.2, 0.25) is 0 Å². The van der Waals surface area contributed by atoms with Crippen molar-refractivity contribution < 1.29 is 19.0 Å². The van der Waals surface area contributed by atoms with Gasteiger partial charge in [-0.05, 0) is 49.1 Å². The first kappa shape index (κ1) is 17.4.